The minimum absolute atomic E-state index is 0.0334. The predicted molar refractivity (Wildman–Crippen MR) is 74.7 cm³/mol. The molecule has 0 saturated carbocycles. The van der Waals surface area contributed by atoms with Crippen molar-refractivity contribution in [2.75, 3.05) is 26.7 Å². The zero-order valence-corrected chi connectivity index (χ0v) is 11.6. The monoisotopic (exact) mass is 248 g/mol. The van der Waals surface area contributed by atoms with Gasteiger partial charge in [-0.3, -0.25) is 0 Å². The van der Waals surface area contributed by atoms with Gasteiger partial charge in [0.25, 0.3) is 0 Å². The minimum Gasteiger partial charge on any atom is -0.374 e. The average Bonchev–Trinajstić information content (AvgIpc) is 2.38. The maximum absolute atomic E-state index is 6.31. The summed E-state index contributed by atoms with van der Waals surface area (Å²) in [7, 11) is 2.12. The van der Waals surface area contributed by atoms with Crippen molar-refractivity contribution >= 4 is 0 Å². The SMILES string of the molecule is CC(C)c1ccc(C(N)C2CN(C)CCO2)cc1. The minimum atomic E-state index is -0.0334. The Balaban J connectivity index is 2.05. The van der Waals surface area contributed by atoms with Gasteiger partial charge in [-0.05, 0) is 24.1 Å². The van der Waals surface area contributed by atoms with Gasteiger partial charge in [0.05, 0.1) is 18.8 Å². The van der Waals surface area contributed by atoms with Gasteiger partial charge < -0.3 is 15.4 Å². The molecule has 1 aromatic carbocycles. The van der Waals surface area contributed by atoms with Crippen LogP contribution in [-0.2, 0) is 4.74 Å². The molecule has 1 aliphatic rings. The van der Waals surface area contributed by atoms with E-state index < -0.39 is 0 Å². The van der Waals surface area contributed by atoms with E-state index in [-0.39, 0.29) is 12.1 Å². The van der Waals surface area contributed by atoms with Gasteiger partial charge in [0, 0.05) is 13.1 Å². The largest absolute Gasteiger partial charge is 0.374 e. The van der Waals surface area contributed by atoms with Crippen LogP contribution in [0.4, 0.5) is 0 Å². The van der Waals surface area contributed by atoms with Crippen LogP contribution in [0, 0.1) is 0 Å². The van der Waals surface area contributed by atoms with Gasteiger partial charge in [0.15, 0.2) is 0 Å². The molecule has 3 heteroatoms. The molecule has 2 rings (SSSR count). The molecular weight excluding hydrogens is 224 g/mol. The molecule has 0 radical (unpaired) electrons. The number of ether oxygens (including phenoxy) is 1. The number of hydrogen-bond acceptors (Lipinski definition) is 3. The van der Waals surface area contributed by atoms with Crippen LogP contribution in [0.1, 0.15) is 36.9 Å². The lowest BCUT2D eigenvalue weighted by Crippen LogP contribution is -2.45. The average molecular weight is 248 g/mol. The molecule has 0 aliphatic carbocycles. The van der Waals surface area contributed by atoms with Gasteiger partial charge in [-0.1, -0.05) is 38.1 Å². The molecule has 100 valence electrons. The Morgan fingerprint density at radius 1 is 1.22 bits per heavy atom. The van der Waals surface area contributed by atoms with Crippen LogP contribution in [-0.4, -0.2) is 37.7 Å². The summed E-state index contributed by atoms with van der Waals surface area (Å²) in [5.74, 6) is 0.562. The lowest BCUT2D eigenvalue weighted by atomic mass is 9.96. The number of benzene rings is 1. The Labute approximate surface area is 110 Å². The highest BCUT2D eigenvalue weighted by Gasteiger charge is 2.25. The van der Waals surface area contributed by atoms with Gasteiger partial charge in [-0.25, -0.2) is 0 Å². The standard InChI is InChI=1S/C15H24N2O/c1-11(2)12-4-6-13(7-5-12)15(16)14-10-17(3)8-9-18-14/h4-7,11,14-15H,8-10,16H2,1-3H3. The first-order valence-corrected chi connectivity index (χ1v) is 6.73. The number of nitrogens with two attached hydrogens (primary N) is 1. The first kappa shape index (κ1) is 13.5. The fourth-order valence-electron chi connectivity index (χ4n) is 2.35. The van der Waals surface area contributed by atoms with Crippen LogP contribution in [0.5, 0.6) is 0 Å². The van der Waals surface area contributed by atoms with E-state index in [1.807, 2.05) is 0 Å². The van der Waals surface area contributed by atoms with E-state index in [0.29, 0.717) is 5.92 Å². The fraction of sp³-hybridized carbons (Fsp3) is 0.600. The maximum Gasteiger partial charge on any atom is 0.0894 e. The molecule has 18 heavy (non-hydrogen) atoms. The Hall–Kier alpha value is -0.900. The van der Waals surface area contributed by atoms with Crippen LogP contribution < -0.4 is 5.73 Å². The molecule has 0 bridgehead atoms. The third-order valence-corrected chi connectivity index (χ3v) is 3.69. The van der Waals surface area contributed by atoms with Crippen molar-refractivity contribution in [3.05, 3.63) is 35.4 Å². The molecule has 2 atom stereocenters. The van der Waals surface area contributed by atoms with Crippen molar-refractivity contribution < 1.29 is 4.74 Å². The number of rotatable bonds is 3. The fourth-order valence-corrected chi connectivity index (χ4v) is 2.35. The highest BCUT2D eigenvalue weighted by Crippen LogP contribution is 2.22. The molecule has 0 spiro atoms. The van der Waals surface area contributed by atoms with Crippen LogP contribution in [0.2, 0.25) is 0 Å². The molecule has 1 aromatic rings. The van der Waals surface area contributed by atoms with Gasteiger partial charge in [-0.2, -0.15) is 0 Å². The number of morpholine rings is 1. The van der Waals surface area contributed by atoms with Gasteiger partial charge >= 0.3 is 0 Å². The van der Waals surface area contributed by atoms with E-state index in [9.17, 15) is 0 Å². The summed E-state index contributed by atoms with van der Waals surface area (Å²) in [6.45, 7) is 7.09. The van der Waals surface area contributed by atoms with E-state index in [0.717, 1.165) is 19.7 Å². The molecule has 2 unspecified atom stereocenters. The third kappa shape index (κ3) is 3.10. The first-order valence-electron chi connectivity index (χ1n) is 6.73. The number of hydrogen-bond donors (Lipinski definition) is 1. The molecule has 2 N–H and O–H groups in total. The topological polar surface area (TPSA) is 38.5 Å². The number of likely N-dealkylation sites (N-methyl/N-ethyl adjacent to an activating group) is 1. The summed E-state index contributed by atoms with van der Waals surface area (Å²) in [5.41, 5.74) is 8.83. The summed E-state index contributed by atoms with van der Waals surface area (Å²) in [4.78, 5) is 2.27. The third-order valence-electron chi connectivity index (χ3n) is 3.69. The molecule has 1 saturated heterocycles. The van der Waals surface area contributed by atoms with Crippen LogP contribution in [0.3, 0.4) is 0 Å². The van der Waals surface area contributed by atoms with E-state index in [4.69, 9.17) is 10.5 Å². The predicted octanol–water partition coefficient (Wildman–Crippen LogP) is 2.14. The van der Waals surface area contributed by atoms with E-state index in [1.165, 1.54) is 11.1 Å². The molecule has 1 aliphatic heterocycles. The van der Waals surface area contributed by atoms with Crippen molar-refractivity contribution in [3.8, 4) is 0 Å². The zero-order valence-electron chi connectivity index (χ0n) is 11.6. The number of nitrogens with zero attached hydrogens (tertiary/aromatic N) is 1. The normalized spacial score (nSPS) is 23.3. The molecule has 0 aromatic heterocycles. The summed E-state index contributed by atoms with van der Waals surface area (Å²) in [6, 6.07) is 8.59. The highest BCUT2D eigenvalue weighted by atomic mass is 16.5. The lowest BCUT2D eigenvalue weighted by molar-refractivity contribution is -0.0326. The van der Waals surface area contributed by atoms with Crippen molar-refractivity contribution in [3.63, 3.8) is 0 Å². The van der Waals surface area contributed by atoms with E-state index in [2.05, 4.69) is 50.1 Å². The quantitative estimate of drug-likeness (QED) is 0.890. The Kier molecular flexibility index (Phi) is 4.38. The van der Waals surface area contributed by atoms with Crippen molar-refractivity contribution in [2.24, 2.45) is 5.73 Å². The second-order valence-corrected chi connectivity index (χ2v) is 5.52. The Bertz CT molecular complexity index is 375. The van der Waals surface area contributed by atoms with E-state index >= 15 is 0 Å². The summed E-state index contributed by atoms with van der Waals surface area (Å²) in [5, 5.41) is 0. The maximum atomic E-state index is 6.31. The van der Waals surface area contributed by atoms with Gasteiger partial charge in [0.2, 0.25) is 0 Å². The summed E-state index contributed by atoms with van der Waals surface area (Å²) in [6.07, 6.45) is 0.105. The van der Waals surface area contributed by atoms with Gasteiger partial charge in [-0.15, -0.1) is 0 Å². The summed E-state index contributed by atoms with van der Waals surface area (Å²) < 4.78 is 5.78. The van der Waals surface area contributed by atoms with Gasteiger partial charge in [0.1, 0.15) is 0 Å². The Morgan fingerprint density at radius 2 is 1.83 bits per heavy atom. The second-order valence-electron chi connectivity index (χ2n) is 5.52. The molecule has 1 fully saturated rings. The van der Waals surface area contributed by atoms with Crippen LogP contribution in [0.15, 0.2) is 24.3 Å². The molecule has 3 nitrogen and oxygen atoms in total. The zero-order chi connectivity index (χ0) is 13.1. The first-order chi connectivity index (χ1) is 8.58. The second kappa shape index (κ2) is 5.83. The summed E-state index contributed by atoms with van der Waals surface area (Å²) >= 11 is 0. The molecule has 1 heterocycles. The van der Waals surface area contributed by atoms with E-state index in [1.54, 1.807) is 0 Å². The highest BCUT2D eigenvalue weighted by molar-refractivity contribution is 5.27. The van der Waals surface area contributed by atoms with Crippen molar-refractivity contribution in [1.29, 1.82) is 0 Å². The van der Waals surface area contributed by atoms with Crippen molar-refractivity contribution in [2.45, 2.75) is 31.9 Å². The lowest BCUT2D eigenvalue weighted by Gasteiger charge is -2.33. The Morgan fingerprint density at radius 3 is 2.39 bits per heavy atom. The smallest absolute Gasteiger partial charge is 0.0894 e. The van der Waals surface area contributed by atoms with Crippen LogP contribution in [0.25, 0.3) is 0 Å². The van der Waals surface area contributed by atoms with Crippen molar-refractivity contribution in [1.82, 2.24) is 4.90 Å². The van der Waals surface area contributed by atoms with Crippen LogP contribution >= 0.6 is 0 Å². The molecule has 0 amide bonds. The molecular formula is C15H24N2O.